The lowest BCUT2D eigenvalue weighted by atomic mass is 9.85. The van der Waals surface area contributed by atoms with Crippen molar-refractivity contribution in [3.8, 4) is 0 Å². The maximum Gasteiger partial charge on any atom is 0.472 e. The van der Waals surface area contributed by atoms with Crippen LogP contribution < -0.4 is 0 Å². The van der Waals surface area contributed by atoms with Crippen molar-refractivity contribution in [3.63, 3.8) is 0 Å². The van der Waals surface area contributed by atoms with Gasteiger partial charge in [0.15, 0.2) is 6.10 Å². The van der Waals surface area contributed by atoms with Crippen molar-refractivity contribution in [2.24, 2.45) is 0 Å². The first-order valence-electron chi connectivity index (χ1n) is 20.1. The molecule has 6 N–H and O–H groups in total. The smallest absolute Gasteiger partial charge is 0.472 e. The second kappa shape index (κ2) is 30.3. The van der Waals surface area contributed by atoms with Crippen molar-refractivity contribution >= 4 is 13.8 Å². The Morgan fingerprint density at radius 1 is 0.608 bits per heavy atom. The van der Waals surface area contributed by atoms with Crippen LogP contribution in [-0.2, 0) is 27.9 Å². The molecule has 0 aliphatic heterocycles. The van der Waals surface area contributed by atoms with E-state index in [0.29, 0.717) is 6.42 Å². The highest BCUT2D eigenvalue weighted by Crippen LogP contribution is 2.47. The Kier molecular flexibility index (Phi) is 28.5. The number of hydrogen-bond acceptors (Lipinski definition) is 11. The van der Waals surface area contributed by atoms with Crippen LogP contribution in [0.15, 0.2) is 12.3 Å². The summed E-state index contributed by atoms with van der Waals surface area (Å²) in [5.41, 5.74) is 0. The molecule has 1 aliphatic carbocycles. The zero-order valence-electron chi connectivity index (χ0n) is 31.7. The van der Waals surface area contributed by atoms with Crippen LogP contribution >= 0.6 is 7.82 Å². The maximum absolute atomic E-state index is 12.7. The number of aliphatic hydroxyl groups is 5. The van der Waals surface area contributed by atoms with E-state index in [-0.39, 0.29) is 13.0 Å². The second-order valence-electron chi connectivity index (χ2n) is 14.2. The molecule has 0 heterocycles. The zero-order chi connectivity index (χ0) is 37.7. The molecule has 8 atom stereocenters. The minimum absolute atomic E-state index is 0.156. The number of carbonyl (C=O) groups excluding carboxylic acids is 1. The molecule has 0 spiro atoms. The van der Waals surface area contributed by atoms with Gasteiger partial charge in [0.1, 0.15) is 43.2 Å². The summed E-state index contributed by atoms with van der Waals surface area (Å²) in [5, 5.41) is 49.9. The van der Waals surface area contributed by atoms with Gasteiger partial charge in [0.25, 0.3) is 0 Å². The molecule has 12 nitrogen and oxygen atoms in total. The van der Waals surface area contributed by atoms with Crippen LogP contribution in [0, 0.1) is 0 Å². The average Bonchev–Trinajstić information content (AvgIpc) is 3.11. The van der Waals surface area contributed by atoms with Crippen molar-refractivity contribution in [2.75, 3.05) is 13.2 Å². The van der Waals surface area contributed by atoms with Gasteiger partial charge in [-0.2, -0.15) is 0 Å². The number of rotatable bonds is 33. The maximum atomic E-state index is 12.7. The number of esters is 1. The summed E-state index contributed by atoms with van der Waals surface area (Å²) in [6, 6.07) is 0. The molecule has 0 saturated heterocycles. The summed E-state index contributed by atoms with van der Waals surface area (Å²) in [6.45, 7) is 3.69. The predicted molar refractivity (Wildman–Crippen MR) is 198 cm³/mol. The monoisotopic (exact) mass is 752 g/mol. The van der Waals surface area contributed by atoms with Crippen LogP contribution in [0.1, 0.15) is 168 Å². The summed E-state index contributed by atoms with van der Waals surface area (Å²) in [7, 11) is -5.02. The molecule has 1 fully saturated rings. The van der Waals surface area contributed by atoms with E-state index >= 15 is 0 Å². The van der Waals surface area contributed by atoms with Gasteiger partial charge < -0.3 is 39.9 Å². The third-order valence-corrected chi connectivity index (χ3v) is 10.5. The lowest BCUT2D eigenvalue weighted by Crippen LogP contribution is -2.64. The van der Waals surface area contributed by atoms with E-state index in [0.717, 1.165) is 38.5 Å². The zero-order valence-corrected chi connectivity index (χ0v) is 32.6. The number of ether oxygens (including phenoxy) is 2. The molecular formula is C38H73O12P. The van der Waals surface area contributed by atoms with Crippen LogP contribution in [0.25, 0.3) is 0 Å². The summed E-state index contributed by atoms with van der Waals surface area (Å²) < 4.78 is 33.7. The molecule has 1 aliphatic rings. The Hall–Kier alpha value is -1.08. The third-order valence-electron chi connectivity index (χ3n) is 9.48. The van der Waals surface area contributed by atoms with Crippen molar-refractivity contribution in [1.82, 2.24) is 0 Å². The Bertz CT molecular complexity index is 905. The van der Waals surface area contributed by atoms with Gasteiger partial charge in [-0.1, -0.05) is 142 Å². The number of carbonyl (C=O) groups is 1. The third kappa shape index (κ3) is 23.3. The molecule has 0 bridgehead atoms. The number of aliphatic hydroxyl groups excluding tert-OH is 5. The van der Waals surface area contributed by atoms with Gasteiger partial charge in [-0.3, -0.25) is 13.8 Å². The van der Waals surface area contributed by atoms with E-state index in [4.69, 9.17) is 18.5 Å². The number of phosphoric acid groups is 1. The fourth-order valence-corrected chi connectivity index (χ4v) is 7.18. The second-order valence-corrected chi connectivity index (χ2v) is 15.6. The summed E-state index contributed by atoms with van der Waals surface area (Å²) in [4.78, 5) is 22.9. The van der Waals surface area contributed by atoms with Crippen molar-refractivity contribution in [2.45, 2.75) is 211 Å². The van der Waals surface area contributed by atoms with E-state index in [9.17, 15) is 39.8 Å². The van der Waals surface area contributed by atoms with Crippen LogP contribution in [0.3, 0.4) is 0 Å². The molecule has 0 radical (unpaired) electrons. The van der Waals surface area contributed by atoms with Crippen LogP contribution in [0.2, 0.25) is 0 Å². The van der Waals surface area contributed by atoms with Gasteiger partial charge in [0.05, 0.1) is 12.9 Å². The van der Waals surface area contributed by atoms with Crippen LogP contribution in [-0.4, -0.2) is 92.3 Å². The van der Waals surface area contributed by atoms with E-state index < -0.39 is 63.1 Å². The fourth-order valence-electron chi connectivity index (χ4n) is 6.20. The van der Waals surface area contributed by atoms with E-state index in [1.807, 2.05) is 6.08 Å². The molecule has 6 unspecified atom stereocenters. The molecule has 13 heteroatoms. The highest BCUT2D eigenvalue weighted by molar-refractivity contribution is 7.47. The quantitative estimate of drug-likeness (QED) is 0.0172. The van der Waals surface area contributed by atoms with Crippen molar-refractivity contribution < 1.29 is 58.3 Å². The normalized spacial score (nSPS) is 24.1. The van der Waals surface area contributed by atoms with Crippen LogP contribution in [0.4, 0.5) is 0 Å². The number of phosphoric ester groups is 1. The Balaban J connectivity index is 2.48. The first kappa shape index (κ1) is 47.9. The Morgan fingerprint density at radius 3 is 1.49 bits per heavy atom. The van der Waals surface area contributed by atoms with Gasteiger partial charge in [-0.05, 0) is 25.3 Å². The highest BCUT2D eigenvalue weighted by Gasteiger charge is 2.51. The summed E-state index contributed by atoms with van der Waals surface area (Å²) in [5.74, 6) is -0.501. The number of unbranched alkanes of at least 4 members (excludes halogenated alkanes) is 21. The molecule has 0 aromatic heterocycles. The highest BCUT2D eigenvalue weighted by atomic mass is 31.2. The standard InChI is InChI=1S/C38H73O12P/c1-3-5-7-9-11-13-15-16-17-18-20-22-24-26-28-47-29-31(49-32(39)27-25-23-21-19-14-12-10-8-6-4-2)30-48-51(45,46)50-38-36(43)34(41)33(40)35(42)37(38)44/h26,28,31,33-38,40-44H,3-25,27,29-30H2,1-2H3,(H,45,46)/b28-26-/t31-,33?,34-,35?,36?,37?,38?/m1/s1. The number of allylic oxidation sites excluding steroid dienone is 1. The summed E-state index contributed by atoms with van der Waals surface area (Å²) >= 11 is 0. The lowest BCUT2D eigenvalue weighted by Gasteiger charge is -2.41. The molecular weight excluding hydrogens is 679 g/mol. The van der Waals surface area contributed by atoms with E-state index in [1.165, 1.54) is 109 Å². The van der Waals surface area contributed by atoms with Gasteiger partial charge in [0, 0.05) is 6.42 Å². The Morgan fingerprint density at radius 2 is 1.02 bits per heavy atom. The predicted octanol–water partition coefficient (Wildman–Crippen LogP) is 7.15. The van der Waals surface area contributed by atoms with E-state index in [2.05, 4.69) is 13.8 Å². The topological polar surface area (TPSA) is 192 Å². The molecule has 302 valence electrons. The average molecular weight is 753 g/mol. The van der Waals surface area contributed by atoms with Crippen LogP contribution in [0.5, 0.6) is 0 Å². The van der Waals surface area contributed by atoms with E-state index in [1.54, 1.807) is 0 Å². The lowest BCUT2D eigenvalue weighted by molar-refractivity contribution is -0.220. The first-order valence-corrected chi connectivity index (χ1v) is 21.6. The van der Waals surface area contributed by atoms with Gasteiger partial charge >= 0.3 is 13.8 Å². The molecule has 0 amide bonds. The van der Waals surface area contributed by atoms with Gasteiger partial charge in [-0.25, -0.2) is 4.57 Å². The Labute approximate surface area is 307 Å². The molecule has 0 aromatic carbocycles. The fraction of sp³-hybridized carbons (Fsp3) is 0.921. The minimum Gasteiger partial charge on any atom is -0.498 e. The van der Waals surface area contributed by atoms with Gasteiger partial charge in [0.2, 0.25) is 0 Å². The molecule has 1 saturated carbocycles. The van der Waals surface area contributed by atoms with Crippen molar-refractivity contribution in [1.29, 1.82) is 0 Å². The first-order chi connectivity index (χ1) is 24.5. The van der Waals surface area contributed by atoms with Crippen molar-refractivity contribution in [3.05, 3.63) is 12.3 Å². The molecule has 0 aromatic rings. The SMILES string of the molecule is CCCCCCCCCCCCCC/C=C\OC[C@H](COP(=O)(O)OC1C(O)C(O)C(O)[C@@H](O)C1O)OC(=O)CCCCCCCCCCCC. The minimum atomic E-state index is -5.02. The molecule has 51 heavy (non-hydrogen) atoms. The number of hydrogen-bond donors (Lipinski definition) is 6. The van der Waals surface area contributed by atoms with Gasteiger partial charge in [-0.15, -0.1) is 0 Å². The molecule has 1 rings (SSSR count). The largest absolute Gasteiger partial charge is 0.498 e. The summed E-state index contributed by atoms with van der Waals surface area (Å²) in [6.07, 6.45) is 18.1.